The van der Waals surface area contributed by atoms with Crippen LogP contribution in [-0.2, 0) is 4.79 Å². The standard InChI is InChI=1S/C25H39N3O2S/c1-20(18-28-15-9-10-16-28)17-26-25(30)22-13-7-8-14-23(22)31-19-24(29)27-21-11-5-3-2-4-6-12-21/h7-8,13-14,20-21H,2-6,9-12,15-19H2,1H3,(H,26,30)(H,27,29). The van der Waals surface area contributed by atoms with E-state index in [1.54, 1.807) is 0 Å². The summed E-state index contributed by atoms with van der Waals surface area (Å²) in [6, 6.07) is 7.93. The first-order valence-electron chi connectivity index (χ1n) is 12.1. The second-order valence-electron chi connectivity index (χ2n) is 9.22. The summed E-state index contributed by atoms with van der Waals surface area (Å²) in [6.45, 7) is 6.27. The highest BCUT2D eigenvalue weighted by molar-refractivity contribution is 8.00. The number of thioether (sulfide) groups is 1. The van der Waals surface area contributed by atoms with Crippen LogP contribution in [0.2, 0.25) is 0 Å². The summed E-state index contributed by atoms with van der Waals surface area (Å²) in [5.41, 5.74) is 0.666. The molecule has 3 rings (SSSR count). The maximum atomic E-state index is 12.8. The monoisotopic (exact) mass is 445 g/mol. The van der Waals surface area contributed by atoms with E-state index in [9.17, 15) is 9.59 Å². The van der Waals surface area contributed by atoms with Crippen LogP contribution in [0.5, 0.6) is 0 Å². The molecular formula is C25H39N3O2S. The molecule has 1 aromatic carbocycles. The van der Waals surface area contributed by atoms with Crippen molar-refractivity contribution in [3.8, 4) is 0 Å². The Morgan fingerprint density at radius 1 is 1.03 bits per heavy atom. The fourth-order valence-corrected chi connectivity index (χ4v) is 5.49. The third-order valence-electron chi connectivity index (χ3n) is 6.34. The van der Waals surface area contributed by atoms with Gasteiger partial charge in [0.05, 0.1) is 11.3 Å². The van der Waals surface area contributed by atoms with Crippen LogP contribution in [0.25, 0.3) is 0 Å². The summed E-state index contributed by atoms with van der Waals surface area (Å²) in [4.78, 5) is 28.7. The van der Waals surface area contributed by atoms with Gasteiger partial charge in [-0.1, -0.05) is 51.2 Å². The Morgan fingerprint density at radius 3 is 2.45 bits per heavy atom. The molecule has 1 aliphatic heterocycles. The topological polar surface area (TPSA) is 61.4 Å². The lowest BCUT2D eigenvalue weighted by atomic mass is 9.97. The maximum absolute atomic E-state index is 12.8. The van der Waals surface area contributed by atoms with Crippen LogP contribution in [0.4, 0.5) is 0 Å². The summed E-state index contributed by atoms with van der Waals surface area (Å²) >= 11 is 1.46. The minimum absolute atomic E-state index is 0.0446. The first kappa shape index (κ1) is 24.1. The number of rotatable bonds is 9. The van der Waals surface area contributed by atoms with Crippen LogP contribution >= 0.6 is 11.8 Å². The molecule has 1 unspecified atom stereocenters. The molecule has 1 aliphatic carbocycles. The normalized spacial score (nSPS) is 19.4. The zero-order valence-electron chi connectivity index (χ0n) is 19.0. The lowest BCUT2D eigenvalue weighted by molar-refractivity contribution is -0.119. The molecule has 2 aliphatic rings. The van der Waals surface area contributed by atoms with Crippen LogP contribution in [0.1, 0.15) is 75.1 Å². The molecule has 6 heteroatoms. The number of nitrogens with zero attached hydrogens (tertiary/aromatic N) is 1. The van der Waals surface area contributed by atoms with Gasteiger partial charge in [0.25, 0.3) is 5.91 Å². The zero-order valence-corrected chi connectivity index (χ0v) is 19.9. The lowest BCUT2D eigenvalue weighted by Crippen LogP contribution is -2.36. The third kappa shape index (κ3) is 8.49. The van der Waals surface area contributed by atoms with E-state index in [-0.39, 0.29) is 11.8 Å². The van der Waals surface area contributed by atoms with Crippen molar-refractivity contribution in [1.29, 1.82) is 0 Å². The number of hydrogen-bond donors (Lipinski definition) is 2. The Morgan fingerprint density at radius 2 is 1.71 bits per heavy atom. The molecule has 2 amide bonds. The van der Waals surface area contributed by atoms with E-state index < -0.39 is 0 Å². The van der Waals surface area contributed by atoms with Crippen molar-refractivity contribution in [2.75, 3.05) is 31.9 Å². The molecule has 0 aromatic heterocycles. The van der Waals surface area contributed by atoms with Gasteiger partial charge in [-0.2, -0.15) is 0 Å². The average molecular weight is 446 g/mol. The van der Waals surface area contributed by atoms with E-state index in [0.717, 1.165) is 24.3 Å². The minimum Gasteiger partial charge on any atom is -0.353 e. The molecule has 2 N–H and O–H groups in total. The van der Waals surface area contributed by atoms with Crippen LogP contribution in [0, 0.1) is 5.92 Å². The predicted molar refractivity (Wildman–Crippen MR) is 129 cm³/mol. The fourth-order valence-electron chi connectivity index (χ4n) is 4.63. The van der Waals surface area contributed by atoms with Crippen molar-refractivity contribution < 1.29 is 9.59 Å². The van der Waals surface area contributed by atoms with Crippen molar-refractivity contribution in [1.82, 2.24) is 15.5 Å². The molecule has 0 spiro atoms. The van der Waals surface area contributed by atoms with Gasteiger partial charge in [0.15, 0.2) is 0 Å². The second-order valence-corrected chi connectivity index (χ2v) is 10.2. The van der Waals surface area contributed by atoms with Crippen molar-refractivity contribution in [2.45, 2.75) is 75.6 Å². The quantitative estimate of drug-likeness (QED) is 0.551. The lowest BCUT2D eigenvalue weighted by Gasteiger charge is -2.21. The Balaban J connectivity index is 1.45. The number of carbonyl (C=O) groups excluding carboxylic acids is 2. The van der Waals surface area contributed by atoms with Crippen LogP contribution in [-0.4, -0.2) is 54.7 Å². The average Bonchev–Trinajstić information content (AvgIpc) is 3.25. The van der Waals surface area contributed by atoms with Gasteiger partial charge in [-0.05, 0) is 56.8 Å². The van der Waals surface area contributed by atoms with Crippen LogP contribution in [0.15, 0.2) is 29.2 Å². The molecule has 172 valence electrons. The van der Waals surface area contributed by atoms with Gasteiger partial charge in [-0.3, -0.25) is 9.59 Å². The zero-order chi connectivity index (χ0) is 21.9. The third-order valence-corrected chi connectivity index (χ3v) is 7.41. The molecule has 1 aromatic rings. The molecule has 2 fully saturated rings. The first-order chi connectivity index (χ1) is 15.1. The maximum Gasteiger partial charge on any atom is 0.252 e. The Labute approximate surface area is 192 Å². The van der Waals surface area contributed by atoms with Gasteiger partial charge in [0.2, 0.25) is 5.91 Å². The van der Waals surface area contributed by atoms with Gasteiger partial charge >= 0.3 is 0 Å². The molecule has 5 nitrogen and oxygen atoms in total. The Hall–Kier alpha value is -1.53. The van der Waals surface area contributed by atoms with Crippen molar-refractivity contribution in [2.24, 2.45) is 5.92 Å². The largest absolute Gasteiger partial charge is 0.353 e. The van der Waals surface area contributed by atoms with E-state index in [0.29, 0.717) is 29.8 Å². The van der Waals surface area contributed by atoms with Gasteiger partial charge in [0.1, 0.15) is 0 Å². The van der Waals surface area contributed by atoms with Crippen LogP contribution < -0.4 is 10.6 Å². The SMILES string of the molecule is CC(CNC(=O)c1ccccc1SCC(=O)NC1CCCCCCC1)CN1CCCC1. The molecule has 0 bridgehead atoms. The Bertz CT molecular complexity index is 698. The van der Waals surface area contributed by atoms with Crippen molar-refractivity contribution in [3.63, 3.8) is 0 Å². The summed E-state index contributed by atoms with van der Waals surface area (Å²) in [5.74, 6) is 0.810. The van der Waals surface area contributed by atoms with Crippen molar-refractivity contribution >= 4 is 23.6 Å². The molecule has 1 atom stereocenters. The summed E-state index contributed by atoms with van der Waals surface area (Å²) < 4.78 is 0. The molecule has 1 saturated heterocycles. The van der Waals surface area contributed by atoms with E-state index in [1.807, 2.05) is 24.3 Å². The smallest absolute Gasteiger partial charge is 0.252 e. The van der Waals surface area contributed by atoms with Gasteiger partial charge in [-0.15, -0.1) is 11.8 Å². The van der Waals surface area contributed by atoms with Gasteiger partial charge in [0, 0.05) is 24.0 Å². The minimum atomic E-state index is -0.0446. The molecular weight excluding hydrogens is 406 g/mol. The summed E-state index contributed by atoms with van der Waals surface area (Å²) in [5, 5.41) is 6.31. The van der Waals surface area contributed by atoms with Crippen LogP contribution in [0.3, 0.4) is 0 Å². The second kappa shape index (κ2) is 13.1. The highest BCUT2D eigenvalue weighted by atomic mass is 32.2. The van der Waals surface area contributed by atoms with E-state index >= 15 is 0 Å². The first-order valence-corrected chi connectivity index (χ1v) is 13.1. The number of nitrogens with one attached hydrogen (secondary N) is 2. The molecule has 1 heterocycles. The van der Waals surface area contributed by atoms with E-state index in [1.165, 1.54) is 69.8 Å². The number of hydrogen-bond acceptors (Lipinski definition) is 4. The number of likely N-dealkylation sites (tertiary alicyclic amines) is 1. The predicted octanol–water partition coefficient (Wildman–Crippen LogP) is 4.47. The molecule has 0 radical (unpaired) electrons. The summed E-state index contributed by atoms with van der Waals surface area (Å²) in [7, 11) is 0. The summed E-state index contributed by atoms with van der Waals surface area (Å²) in [6.07, 6.45) is 11.0. The number of carbonyl (C=O) groups is 2. The highest BCUT2D eigenvalue weighted by Crippen LogP contribution is 2.23. The van der Waals surface area contributed by atoms with E-state index in [4.69, 9.17) is 0 Å². The van der Waals surface area contributed by atoms with E-state index in [2.05, 4.69) is 22.5 Å². The Kier molecular flexibility index (Phi) is 10.2. The fraction of sp³-hybridized carbons (Fsp3) is 0.680. The van der Waals surface area contributed by atoms with Gasteiger partial charge < -0.3 is 15.5 Å². The molecule has 31 heavy (non-hydrogen) atoms. The number of benzene rings is 1. The highest BCUT2D eigenvalue weighted by Gasteiger charge is 2.18. The van der Waals surface area contributed by atoms with Gasteiger partial charge in [-0.25, -0.2) is 0 Å². The molecule has 1 saturated carbocycles. The van der Waals surface area contributed by atoms with Crippen molar-refractivity contribution in [3.05, 3.63) is 29.8 Å². The number of amides is 2.